The molecule has 2 rings (SSSR count). The van der Waals surface area contributed by atoms with E-state index in [-0.39, 0.29) is 12.6 Å². The fraction of sp³-hybridized carbons (Fsp3) is 0.571. The molecule has 0 saturated carbocycles. The first-order chi connectivity index (χ1) is 9.66. The van der Waals surface area contributed by atoms with Crippen LogP contribution in [0.5, 0.6) is 0 Å². The monoisotopic (exact) mass is 312 g/mol. The lowest BCUT2D eigenvalue weighted by Crippen LogP contribution is -2.30. The van der Waals surface area contributed by atoms with Crippen molar-refractivity contribution in [3.8, 4) is 0 Å². The number of nitrogens with zero attached hydrogens (tertiary/aromatic N) is 2. The number of amides is 1. The fourth-order valence-corrected chi connectivity index (χ4v) is 3.28. The first-order valence-corrected chi connectivity index (χ1v) is 7.49. The molecule has 7 heteroatoms. The summed E-state index contributed by atoms with van der Waals surface area (Å²) in [5.41, 5.74) is 0.155. The summed E-state index contributed by atoms with van der Waals surface area (Å²) in [5, 5.41) is 11.4. The van der Waals surface area contributed by atoms with Crippen LogP contribution in [0.15, 0.2) is 18.0 Å². The van der Waals surface area contributed by atoms with Crippen LogP contribution in [-0.4, -0.2) is 34.1 Å². The molecule has 0 aliphatic carbocycles. The van der Waals surface area contributed by atoms with Gasteiger partial charge < -0.3 is 14.6 Å². The van der Waals surface area contributed by atoms with Crippen LogP contribution in [0, 0.1) is 0 Å². The fourth-order valence-electron chi connectivity index (χ4n) is 2.44. The molecule has 6 nitrogen and oxygen atoms in total. The van der Waals surface area contributed by atoms with Crippen LogP contribution in [-0.2, 0) is 9.47 Å². The van der Waals surface area contributed by atoms with Gasteiger partial charge in [0.1, 0.15) is 6.10 Å². The van der Waals surface area contributed by atoms with Gasteiger partial charge in [0.05, 0.1) is 11.3 Å². The van der Waals surface area contributed by atoms with Crippen molar-refractivity contribution in [1.29, 1.82) is 0 Å². The van der Waals surface area contributed by atoms with Gasteiger partial charge in [0.25, 0.3) is 0 Å². The molecule has 1 N–H and O–H groups in total. The average molecular weight is 312 g/mol. The highest BCUT2D eigenvalue weighted by Crippen LogP contribution is 2.45. The van der Waals surface area contributed by atoms with Crippen molar-refractivity contribution in [2.45, 2.75) is 45.2 Å². The molecule has 1 aromatic rings. The second-order valence-electron chi connectivity index (χ2n) is 5.84. The zero-order valence-corrected chi connectivity index (χ0v) is 13.4. The molecule has 1 unspecified atom stereocenters. The number of hydrogen-bond donors (Lipinski definition) is 1. The van der Waals surface area contributed by atoms with Crippen molar-refractivity contribution < 1.29 is 19.4 Å². The number of anilines is 1. The number of rotatable bonds is 4. The van der Waals surface area contributed by atoms with Crippen molar-refractivity contribution in [2.24, 2.45) is 0 Å². The summed E-state index contributed by atoms with van der Waals surface area (Å²) < 4.78 is 11.8. The number of hydrogen-bond acceptors (Lipinski definition) is 5. The lowest BCUT2D eigenvalue weighted by molar-refractivity contribution is -0.157. The molecular weight excluding hydrogens is 292 g/mol. The second-order valence-corrected chi connectivity index (χ2v) is 6.68. The van der Waals surface area contributed by atoms with E-state index < -0.39 is 17.5 Å². The van der Waals surface area contributed by atoms with Crippen LogP contribution in [0.2, 0.25) is 0 Å². The summed E-state index contributed by atoms with van der Waals surface area (Å²) in [5.74, 6) is -0.689. The largest absolute Gasteiger partial charge is 0.465 e. The van der Waals surface area contributed by atoms with Gasteiger partial charge in [-0.3, -0.25) is 0 Å². The van der Waals surface area contributed by atoms with Crippen molar-refractivity contribution in [2.75, 3.05) is 11.4 Å². The molecule has 1 atom stereocenters. The maximum absolute atomic E-state index is 11.2. The van der Waals surface area contributed by atoms with Crippen LogP contribution in [0.4, 0.5) is 9.93 Å². The molecule has 1 aliphatic heterocycles. The predicted octanol–water partition coefficient (Wildman–Crippen LogP) is 3.42. The van der Waals surface area contributed by atoms with Gasteiger partial charge in [-0.05, 0) is 27.7 Å². The zero-order valence-electron chi connectivity index (χ0n) is 12.6. The van der Waals surface area contributed by atoms with Gasteiger partial charge in [0.2, 0.25) is 0 Å². The van der Waals surface area contributed by atoms with E-state index in [4.69, 9.17) is 9.47 Å². The second kappa shape index (κ2) is 5.40. The Morgan fingerprint density at radius 2 is 2.24 bits per heavy atom. The standard InChI is InChI=1S/C14H20N2O4S/c1-6-7-16(12(17)18)11-15-9(8-21-11)10-13(2,3)20-14(4,5)19-10/h6,8,10H,1,7H2,2-5H3,(H,17,18). The Balaban J connectivity index is 2.27. The zero-order chi connectivity index (χ0) is 15.8. The normalized spacial score (nSPS) is 23.0. The summed E-state index contributed by atoms with van der Waals surface area (Å²) in [7, 11) is 0. The molecule has 0 aromatic carbocycles. The molecule has 21 heavy (non-hydrogen) atoms. The molecular formula is C14H20N2O4S. The summed E-state index contributed by atoms with van der Waals surface area (Å²) in [6, 6.07) is 0. The Labute approximate surface area is 128 Å². The average Bonchev–Trinajstić information content (AvgIpc) is 2.87. The van der Waals surface area contributed by atoms with E-state index in [9.17, 15) is 9.90 Å². The first-order valence-electron chi connectivity index (χ1n) is 6.61. The molecule has 116 valence electrons. The minimum Gasteiger partial charge on any atom is -0.465 e. The van der Waals surface area contributed by atoms with Gasteiger partial charge in [-0.15, -0.1) is 17.9 Å². The van der Waals surface area contributed by atoms with Gasteiger partial charge >= 0.3 is 6.09 Å². The molecule has 1 aromatic heterocycles. The molecule has 1 saturated heterocycles. The molecule has 1 fully saturated rings. The van der Waals surface area contributed by atoms with E-state index in [0.717, 1.165) is 4.90 Å². The molecule has 1 aliphatic rings. The van der Waals surface area contributed by atoms with Gasteiger partial charge in [-0.1, -0.05) is 6.08 Å². The lowest BCUT2D eigenvalue weighted by atomic mass is 10.0. The summed E-state index contributed by atoms with van der Waals surface area (Å²) in [6.45, 7) is 11.3. The van der Waals surface area contributed by atoms with Crippen molar-refractivity contribution in [1.82, 2.24) is 4.98 Å². The van der Waals surface area contributed by atoms with Crippen LogP contribution in [0.1, 0.15) is 39.5 Å². The first kappa shape index (κ1) is 15.9. The SMILES string of the molecule is C=CCN(C(=O)O)c1nc(C2OC(C)(C)OC2(C)C)cs1. The maximum atomic E-state index is 11.2. The maximum Gasteiger partial charge on any atom is 0.413 e. The van der Waals surface area contributed by atoms with Crippen LogP contribution < -0.4 is 4.90 Å². The van der Waals surface area contributed by atoms with E-state index in [2.05, 4.69) is 11.6 Å². The highest BCUT2D eigenvalue weighted by molar-refractivity contribution is 7.14. The minimum atomic E-state index is -1.06. The molecule has 0 radical (unpaired) electrons. The van der Waals surface area contributed by atoms with E-state index in [1.165, 1.54) is 17.4 Å². The Kier molecular flexibility index (Phi) is 4.10. The van der Waals surface area contributed by atoms with E-state index in [0.29, 0.717) is 10.8 Å². The third kappa shape index (κ3) is 3.25. The van der Waals surface area contributed by atoms with Crippen LogP contribution >= 0.6 is 11.3 Å². The van der Waals surface area contributed by atoms with Crippen molar-refractivity contribution in [3.63, 3.8) is 0 Å². The number of carboxylic acid groups (broad SMARTS) is 1. The predicted molar refractivity (Wildman–Crippen MR) is 80.8 cm³/mol. The quantitative estimate of drug-likeness (QED) is 0.863. The van der Waals surface area contributed by atoms with Crippen molar-refractivity contribution in [3.05, 3.63) is 23.7 Å². The van der Waals surface area contributed by atoms with Gasteiger partial charge in [0, 0.05) is 11.9 Å². The molecule has 0 spiro atoms. The highest BCUT2D eigenvalue weighted by atomic mass is 32.1. The van der Waals surface area contributed by atoms with Gasteiger partial charge in [-0.25, -0.2) is 14.7 Å². The van der Waals surface area contributed by atoms with E-state index in [1.807, 2.05) is 33.1 Å². The third-order valence-electron chi connectivity index (χ3n) is 3.09. The van der Waals surface area contributed by atoms with E-state index in [1.54, 1.807) is 0 Å². The smallest absolute Gasteiger partial charge is 0.413 e. The summed E-state index contributed by atoms with van der Waals surface area (Å²) in [6.07, 6.45) is 0.132. The Hall–Kier alpha value is -1.44. The number of ether oxygens (including phenoxy) is 2. The molecule has 1 amide bonds. The van der Waals surface area contributed by atoms with Gasteiger partial charge in [-0.2, -0.15) is 0 Å². The Bertz CT molecular complexity index is 553. The molecule has 2 heterocycles. The number of carbonyl (C=O) groups is 1. The highest BCUT2D eigenvalue weighted by Gasteiger charge is 2.48. The number of thiazole rings is 1. The lowest BCUT2D eigenvalue weighted by Gasteiger charge is -2.22. The Morgan fingerprint density at radius 1 is 1.57 bits per heavy atom. The van der Waals surface area contributed by atoms with E-state index >= 15 is 0 Å². The summed E-state index contributed by atoms with van der Waals surface area (Å²) >= 11 is 1.26. The Morgan fingerprint density at radius 3 is 2.71 bits per heavy atom. The van der Waals surface area contributed by atoms with Crippen molar-refractivity contribution >= 4 is 22.6 Å². The number of aromatic nitrogens is 1. The third-order valence-corrected chi connectivity index (χ3v) is 3.98. The molecule has 0 bridgehead atoms. The summed E-state index contributed by atoms with van der Waals surface area (Å²) in [4.78, 5) is 16.8. The van der Waals surface area contributed by atoms with Crippen LogP contribution in [0.3, 0.4) is 0 Å². The topological polar surface area (TPSA) is 71.9 Å². The van der Waals surface area contributed by atoms with Crippen LogP contribution in [0.25, 0.3) is 0 Å². The minimum absolute atomic E-state index is 0.194. The van der Waals surface area contributed by atoms with Gasteiger partial charge in [0.15, 0.2) is 10.9 Å².